The van der Waals surface area contributed by atoms with Crippen molar-refractivity contribution in [2.24, 2.45) is 17.1 Å². The molecule has 0 spiro atoms. The smallest absolute Gasteiger partial charge is 0.224 e. The van der Waals surface area contributed by atoms with Crippen LogP contribution in [-0.4, -0.2) is 52.3 Å². The van der Waals surface area contributed by atoms with Crippen LogP contribution in [0, 0.1) is 11.3 Å². The molecule has 1 aromatic rings. The Bertz CT molecular complexity index is 854. The van der Waals surface area contributed by atoms with Gasteiger partial charge in [0.1, 0.15) is 0 Å². The number of aliphatic hydroxyl groups is 1. The SMILES string of the molecule is CCCCNC(=O)C(C)CC(O)C(N)CC(C)(C)CC(=O)N1Cc2ccccc2CC1C(C)=O. The molecule has 0 aromatic heterocycles. The summed E-state index contributed by atoms with van der Waals surface area (Å²) >= 11 is 0. The van der Waals surface area contributed by atoms with Crippen LogP contribution in [-0.2, 0) is 27.3 Å². The van der Waals surface area contributed by atoms with Crippen LogP contribution in [0.25, 0.3) is 0 Å². The molecule has 0 radical (unpaired) electrons. The molecule has 0 fully saturated rings. The minimum absolute atomic E-state index is 0.0148. The summed E-state index contributed by atoms with van der Waals surface area (Å²) in [5, 5.41) is 13.5. The summed E-state index contributed by atoms with van der Waals surface area (Å²) in [6.07, 6.45) is 2.56. The van der Waals surface area contributed by atoms with E-state index in [9.17, 15) is 19.5 Å². The van der Waals surface area contributed by atoms with Gasteiger partial charge in [0.15, 0.2) is 5.78 Å². The number of hydrogen-bond acceptors (Lipinski definition) is 5. The Morgan fingerprint density at radius 1 is 1.24 bits per heavy atom. The average molecular weight is 474 g/mol. The van der Waals surface area contributed by atoms with Crippen LogP contribution in [0.3, 0.4) is 0 Å². The highest BCUT2D eigenvalue weighted by molar-refractivity contribution is 5.88. The number of aliphatic hydroxyl groups excluding tert-OH is 1. The van der Waals surface area contributed by atoms with Crippen LogP contribution >= 0.6 is 0 Å². The van der Waals surface area contributed by atoms with Gasteiger partial charge in [0, 0.05) is 37.9 Å². The van der Waals surface area contributed by atoms with E-state index in [-0.39, 0.29) is 36.4 Å². The summed E-state index contributed by atoms with van der Waals surface area (Å²) in [6.45, 7) is 10.4. The Kier molecular flexibility index (Phi) is 10.3. The predicted molar refractivity (Wildman–Crippen MR) is 134 cm³/mol. The largest absolute Gasteiger partial charge is 0.391 e. The van der Waals surface area contributed by atoms with Gasteiger partial charge in [0.05, 0.1) is 12.1 Å². The molecule has 2 amide bonds. The lowest BCUT2D eigenvalue weighted by molar-refractivity contribution is -0.142. The highest BCUT2D eigenvalue weighted by Crippen LogP contribution is 2.32. The summed E-state index contributed by atoms with van der Waals surface area (Å²) in [6, 6.07) is 6.92. The minimum atomic E-state index is -0.840. The first-order valence-electron chi connectivity index (χ1n) is 12.5. The standard InChI is InChI=1S/C27H43N3O4/c1-6-7-12-29-26(34)18(2)13-24(32)22(28)15-27(4,5)16-25(33)30-17-21-11-9-8-10-20(21)14-23(30)19(3)31/h8-11,18,22-24,32H,6-7,12-17,28H2,1-5H3,(H,29,34). The van der Waals surface area contributed by atoms with Crippen LogP contribution in [0.1, 0.15) is 77.8 Å². The molecule has 4 atom stereocenters. The number of nitrogens with one attached hydrogen (secondary N) is 1. The van der Waals surface area contributed by atoms with Gasteiger partial charge in [-0.15, -0.1) is 0 Å². The molecule has 1 aliphatic rings. The van der Waals surface area contributed by atoms with Crippen molar-refractivity contribution >= 4 is 17.6 Å². The molecule has 7 nitrogen and oxygen atoms in total. The van der Waals surface area contributed by atoms with E-state index >= 15 is 0 Å². The Morgan fingerprint density at radius 2 is 1.88 bits per heavy atom. The Labute approximate surface area is 204 Å². The molecule has 4 N–H and O–H groups in total. The van der Waals surface area contributed by atoms with E-state index in [4.69, 9.17) is 5.73 Å². The fourth-order valence-electron chi connectivity index (χ4n) is 4.71. The van der Waals surface area contributed by atoms with E-state index in [1.165, 1.54) is 6.92 Å². The van der Waals surface area contributed by atoms with E-state index in [1.54, 1.807) is 11.8 Å². The van der Waals surface area contributed by atoms with Crippen molar-refractivity contribution < 1.29 is 19.5 Å². The topological polar surface area (TPSA) is 113 Å². The van der Waals surface area contributed by atoms with Gasteiger partial charge in [-0.25, -0.2) is 0 Å². The van der Waals surface area contributed by atoms with Gasteiger partial charge in [0.2, 0.25) is 11.8 Å². The maximum absolute atomic E-state index is 13.3. The second-order valence-corrected chi connectivity index (χ2v) is 10.7. The molecular weight excluding hydrogens is 430 g/mol. The van der Waals surface area contributed by atoms with Crippen molar-refractivity contribution in [3.63, 3.8) is 0 Å². The van der Waals surface area contributed by atoms with Gasteiger partial charge < -0.3 is 21.1 Å². The summed E-state index contributed by atoms with van der Waals surface area (Å²) in [4.78, 5) is 39.5. The number of ketones is 1. The molecule has 1 aromatic carbocycles. The number of unbranched alkanes of at least 4 members (excludes halogenated alkanes) is 1. The van der Waals surface area contributed by atoms with Crippen LogP contribution in [0.2, 0.25) is 0 Å². The third-order valence-electron chi connectivity index (χ3n) is 6.82. The summed E-state index contributed by atoms with van der Waals surface area (Å²) in [7, 11) is 0. The first-order valence-corrected chi connectivity index (χ1v) is 12.5. The van der Waals surface area contributed by atoms with E-state index in [0.717, 1.165) is 24.0 Å². The van der Waals surface area contributed by atoms with Crippen LogP contribution in [0.15, 0.2) is 24.3 Å². The van der Waals surface area contributed by atoms with E-state index < -0.39 is 23.6 Å². The van der Waals surface area contributed by atoms with Crippen molar-refractivity contribution in [1.82, 2.24) is 10.2 Å². The molecule has 1 aliphatic heterocycles. The zero-order valence-electron chi connectivity index (χ0n) is 21.5. The second kappa shape index (κ2) is 12.5. The van der Waals surface area contributed by atoms with Crippen molar-refractivity contribution in [3.8, 4) is 0 Å². The molecule has 190 valence electrons. The number of benzene rings is 1. The number of amides is 2. The molecule has 7 heteroatoms. The lowest BCUT2D eigenvalue weighted by Crippen LogP contribution is -2.49. The zero-order valence-corrected chi connectivity index (χ0v) is 21.5. The summed E-state index contributed by atoms with van der Waals surface area (Å²) < 4.78 is 0. The average Bonchev–Trinajstić information content (AvgIpc) is 2.77. The first-order chi connectivity index (χ1) is 15.9. The van der Waals surface area contributed by atoms with Gasteiger partial charge in [-0.3, -0.25) is 14.4 Å². The zero-order chi connectivity index (χ0) is 25.5. The van der Waals surface area contributed by atoms with Crippen molar-refractivity contribution in [3.05, 3.63) is 35.4 Å². The number of nitrogens with two attached hydrogens (primary N) is 1. The fraction of sp³-hybridized carbons (Fsp3) is 0.667. The monoisotopic (exact) mass is 473 g/mol. The molecule has 2 rings (SSSR count). The maximum atomic E-state index is 13.3. The van der Waals surface area contributed by atoms with Gasteiger partial charge >= 0.3 is 0 Å². The Morgan fingerprint density at radius 3 is 2.50 bits per heavy atom. The van der Waals surface area contributed by atoms with Crippen LogP contribution in [0.5, 0.6) is 0 Å². The van der Waals surface area contributed by atoms with Gasteiger partial charge in [-0.1, -0.05) is 58.4 Å². The number of Topliss-reactive ketones (excluding diaryl/α,β-unsaturated/α-hetero) is 1. The first kappa shape index (κ1) is 28.0. The number of rotatable bonds is 12. The maximum Gasteiger partial charge on any atom is 0.224 e. The van der Waals surface area contributed by atoms with E-state index in [1.807, 2.05) is 38.1 Å². The van der Waals surface area contributed by atoms with Gasteiger partial charge in [0.25, 0.3) is 0 Å². The van der Waals surface area contributed by atoms with Crippen molar-refractivity contribution in [2.45, 2.75) is 97.9 Å². The number of nitrogens with zero attached hydrogens (tertiary/aromatic N) is 1. The van der Waals surface area contributed by atoms with Crippen LogP contribution in [0.4, 0.5) is 0 Å². The number of carbonyl (C=O) groups is 3. The van der Waals surface area contributed by atoms with Crippen LogP contribution < -0.4 is 11.1 Å². The molecule has 1 heterocycles. The molecular formula is C27H43N3O4. The lowest BCUT2D eigenvalue weighted by Gasteiger charge is -2.38. The summed E-state index contributed by atoms with van der Waals surface area (Å²) in [5.41, 5.74) is 8.02. The van der Waals surface area contributed by atoms with Crippen molar-refractivity contribution in [1.29, 1.82) is 0 Å². The Balaban J connectivity index is 1.95. The van der Waals surface area contributed by atoms with Crippen molar-refractivity contribution in [2.75, 3.05) is 6.54 Å². The molecule has 34 heavy (non-hydrogen) atoms. The molecule has 0 bridgehead atoms. The predicted octanol–water partition coefficient (Wildman–Crippen LogP) is 2.97. The fourth-order valence-corrected chi connectivity index (χ4v) is 4.71. The highest BCUT2D eigenvalue weighted by atomic mass is 16.3. The highest BCUT2D eigenvalue weighted by Gasteiger charge is 2.36. The van der Waals surface area contributed by atoms with E-state index in [0.29, 0.717) is 25.9 Å². The van der Waals surface area contributed by atoms with Gasteiger partial charge in [-0.05, 0) is 42.7 Å². The molecule has 0 saturated carbocycles. The second-order valence-electron chi connectivity index (χ2n) is 10.7. The lowest BCUT2D eigenvalue weighted by atomic mass is 9.79. The number of fused-ring (bicyclic) bond motifs is 1. The third kappa shape index (κ3) is 7.91. The molecule has 0 aliphatic carbocycles. The third-order valence-corrected chi connectivity index (χ3v) is 6.82. The number of carbonyl (C=O) groups excluding carboxylic acids is 3. The minimum Gasteiger partial charge on any atom is -0.391 e. The Hall–Kier alpha value is -2.25. The van der Waals surface area contributed by atoms with Gasteiger partial charge in [-0.2, -0.15) is 0 Å². The normalized spacial score (nSPS) is 18.6. The summed E-state index contributed by atoms with van der Waals surface area (Å²) in [5.74, 6) is -0.508. The molecule has 0 saturated heterocycles. The van der Waals surface area contributed by atoms with E-state index in [2.05, 4.69) is 12.2 Å². The quantitative estimate of drug-likeness (QED) is 0.404. The molecule has 4 unspecified atom stereocenters. The number of hydrogen-bond donors (Lipinski definition) is 3.